The Bertz CT molecular complexity index is 1060. The number of unbranched alkanes of at least 4 members (excludes halogenated alkanes) is 1. The number of ether oxygens (including phenoxy) is 1. The average molecular weight is 531 g/mol. The number of carbonyl (C=O) groups is 2. The Balaban J connectivity index is 1.29. The smallest absolute Gasteiger partial charge is 0.326 e. The number of fused-ring (bicyclic) bond motifs is 1. The van der Waals surface area contributed by atoms with Crippen molar-refractivity contribution < 1.29 is 23.8 Å². The van der Waals surface area contributed by atoms with E-state index in [9.17, 15) is 19.1 Å². The Kier molecular flexibility index (Phi) is 9.68. The van der Waals surface area contributed by atoms with E-state index in [2.05, 4.69) is 27.9 Å². The van der Waals surface area contributed by atoms with E-state index >= 15 is 0 Å². The van der Waals surface area contributed by atoms with Gasteiger partial charge >= 0.3 is 5.97 Å². The lowest BCUT2D eigenvalue weighted by atomic mass is 10.1. The van der Waals surface area contributed by atoms with E-state index in [1.807, 2.05) is 4.90 Å². The third-order valence-corrected chi connectivity index (χ3v) is 7.50. The van der Waals surface area contributed by atoms with Crippen molar-refractivity contribution >= 4 is 17.7 Å². The van der Waals surface area contributed by atoms with Gasteiger partial charge < -0.3 is 25.4 Å². The van der Waals surface area contributed by atoms with Crippen LogP contribution in [0.15, 0.2) is 30.6 Å². The number of carbonyl (C=O) groups excluding carboxylic acids is 1. The number of carboxylic acid groups (broad SMARTS) is 1. The standard InChI is InChI=1S/C27H39FN6O4/c1-38-22(18-28)19-33(15-3-2-7-21-9-8-20-6-4-13-29-24(20)31-21)17-10-23(25(35)36)32-26(37)27(11-12-27)34-16-5-14-30-34/h5,8-9,14,16,22-23H,2-4,6-7,10-13,15,17-19H2,1H3,(H,29,31)(H,32,37)(H,35,36). The molecule has 1 saturated carbocycles. The van der Waals surface area contributed by atoms with Crippen molar-refractivity contribution in [1.82, 2.24) is 25.0 Å². The van der Waals surface area contributed by atoms with E-state index in [1.54, 1.807) is 23.1 Å². The average Bonchev–Trinajstić information content (AvgIpc) is 3.56. The molecule has 4 rings (SSSR count). The number of halogens is 1. The summed E-state index contributed by atoms with van der Waals surface area (Å²) in [5, 5.41) is 20.1. The summed E-state index contributed by atoms with van der Waals surface area (Å²) in [6.07, 6.45) is 8.97. The fourth-order valence-electron chi connectivity index (χ4n) is 4.98. The number of nitrogens with one attached hydrogen (secondary N) is 2. The summed E-state index contributed by atoms with van der Waals surface area (Å²) in [5.74, 6) is -0.426. The Morgan fingerprint density at radius 2 is 2.16 bits per heavy atom. The normalized spacial score (nSPS) is 17.3. The fourth-order valence-corrected chi connectivity index (χ4v) is 4.98. The summed E-state index contributed by atoms with van der Waals surface area (Å²) < 4.78 is 20.3. The highest BCUT2D eigenvalue weighted by Gasteiger charge is 2.53. The summed E-state index contributed by atoms with van der Waals surface area (Å²) in [6, 6.07) is 4.94. The van der Waals surface area contributed by atoms with Crippen molar-refractivity contribution in [2.75, 3.05) is 45.3 Å². The number of alkyl halides is 1. The molecule has 3 N–H and O–H groups in total. The molecule has 1 aliphatic heterocycles. The molecule has 1 aliphatic carbocycles. The number of carboxylic acids is 1. The number of amides is 1. The monoisotopic (exact) mass is 530 g/mol. The zero-order valence-electron chi connectivity index (χ0n) is 22.1. The van der Waals surface area contributed by atoms with Gasteiger partial charge in [-0.2, -0.15) is 5.10 Å². The number of aryl methyl sites for hydroxylation is 2. The lowest BCUT2D eigenvalue weighted by Gasteiger charge is -2.27. The molecule has 0 bridgehead atoms. The van der Waals surface area contributed by atoms with Crippen LogP contribution >= 0.6 is 0 Å². The van der Waals surface area contributed by atoms with E-state index in [-0.39, 0.29) is 12.3 Å². The van der Waals surface area contributed by atoms with E-state index in [4.69, 9.17) is 9.72 Å². The van der Waals surface area contributed by atoms with Crippen molar-refractivity contribution in [2.24, 2.45) is 0 Å². The fraction of sp³-hybridized carbons (Fsp3) is 0.630. The molecule has 0 spiro atoms. The van der Waals surface area contributed by atoms with Crippen molar-refractivity contribution in [1.29, 1.82) is 0 Å². The van der Waals surface area contributed by atoms with Crippen molar-refractivity contribution in [3.63, 3.8) is 0 Å². The first kappa shape index (κ1) is 28.0. The van der Waals surface area contributed by atoms with Crippen LogP contribution in [0.5, 0.6) is 0 Å². The summed E-state index contributed by atoms with van der Waals surface area (Å²) in [7, 11) is 1.48. The van der Waals surface area contributed by atoms with Gasteiger partial charge in [-0.25, -0.2) is 14.2 Å². The van der Waals surface area contributed by atoms with Crippen LogP contribution < -0.4 is 10.6 Å². The molecule has 0 saturated heterocycles. The Morgan fingerprint density at radius 1 is 1.32 bits per heavy atom. The molecule has 1 fully saturated rings. The van der Waals surface area contributed by atoms with Crippen LogP contribution in [0.3, 0.4) is 0 Å². The minimum absolute atomic E-state index is 0.205. The Labute approximate surface area is 222 Å². The second-order valence-corrected chi connectivity index (χ2v) is 10.2. The van der Waals surface area contributed by atoms with Gasteiger partial charge in [0, 0.05) is 44.8 Å². The van der Waals surface area contributed by atoms with Gasteiger partial charge in [-0.15, -0.1) is 0 Å². The largest absolute Gasteiger partial charge is 0.480 e. The number of rotatable bonds is 16. The van der Waals surface area contributed by atoms with Crippen LogP contribution in [0.2, 0.25) is 0 Å². The number of nitrogens with zero attached hydrogens (tertiary/aromatic N) is 4. The highest BCUT2D eigenvalue weighted by molar-refractivity contribution is 5.90. The molecule has 2 aliphatic rings. The third-order valence-electron chi connectivity index (χ3n) is 7.50. The second kappa shape index (κ2) is 13.1. The van der Waals surface area contributed by atoms with Crippen LogP contribution in [0.1, 0.15) is 49.8 Å². The van der Waals surface area contributed by atoms with Gasteiger partial charge in [0.25, 0.3) is 0 Å². The van der Waals surface area contributed by atoms with Crippen molar-refractivity contribution in [2.45, 2.75) is 69.1 Å². The number of hydrogen-bond donors (Lipinski definition) is 3. The van der Waals surface area contributed by atoms with Gasteiger partial charge in [0.1, 0.15) is 24.1 Å². The van der Waals surface area contributed by atoms with E-state index in [0.29, 0.717) is 32.5 Å². The van der Waals surface area contributed by atoms with Crippen LogP contribution in [-0.2, 0) is 32.7 Å². The number of hydrogen-bond acceptors (Lipinski definition) is 7. The first-order chi connectivity index (χ1) is 18.4. The molecule has 38 heavy (non-hydrogen) atoms. The minimum Gasteiger partial charge on any atom is -0.480 e. The lowest BCUT2D eigenvalue weighted by Crippen LogP contribution is -2.49. The van der Waals surface area contributed by atoms with E-state index in [1.165, 1.54) is 12.7 Å². The third kappa shape index (κ3) is 7.08. The van der Waals surface area contributed by atoms with Gasteiger partial charge in [-0.3, -0.25) is 9.48 Å². The van der Waals surface area contributed by atoms with Crippen molar-refractivity contribution in [3.05, 3.63) is 41.9 Å². The number of aromatic nitrogens is 3. The quantitative estimate of drug-likeness (QED) is 0.283. The van der Waals surface area contributed by atoms with Gasteiger partial charge in [0.05, 0.1) is 6.10 Å². The number of aliphatic carboxylic acids is 1. The second-order valence-electron chi connectivity index (χ2n) is 10.2. The van der Waals surface area contributed by atoms with Gasteiger partial charge in [0.15, 0.2) is 0 Å². The van der Waals surface area contributed by atoms with Crippen LogP contribution in [0, 0.1) is 0 Å². The number of pyridine rings is 1. The summed E-state index contributed by atoms with van der Waals surface area (Å²) in [5.41, 5.74) is 1.51. The molecule has 2 unspecified atom stereocenters. The SMILES string of the molecule is COC(CF)CN(CCCCc1ccc2c(n1)NCCC2)CCC(NC(=O)C1(n2cccn2)CC1)C(=O)O. The zero-order chi connectivity index (χ0) is 27.0. The molecule has 2 aromatic rings. The lowest BCUT2D eigenvalue weighted by molar-refractivity contribution is -0.143. The number of anilines is 1. The van der Waals surface area contributed by atoms with Gasteiger partial charge in [-0.05, 0) is 75.6 Å². The van der Waals surface area contributed by atoms with E-state index < -0.39 is 30.3 Å². The van der Waals surface area contributed by atoms with Crippen LogP contribution in [-0.4, -0.2) is 88.8 Å². The molecule has 0 aromatic carbocycles. The summed E-state index contributed by atoms with van der Waals surface area (Å²) in [4.78, 5) is 31.7. The summed E-state index contributed by atoms with van der Waals surface area (Å²) in [6.45, 7) is 1.75. The van der Waals surface area contributed by atoms with Gasteiger partial charge in [0.2, 0.25) is 5.91 Å². The Morgan fingerprint density at radius 3 is 2.84 bits per heavy atom. The van der Waals surface area contributed by atoms with Crippen molar-refractivity contribution in [3.8, 4) is 0 Å². The predicted octanol–water partition coefficient (Wildman–Crippen LogP) is 2.39. The molecule has 2 atom stereocenters. The number of methoxy groups -OCH3 is 1. The maximum absolute atomic E-state index is 13.4. The zero-order valence-corrected chi connectivity index (χ0v) is 22.1. The van der Waals surface area contributed by atoms with Gasteiger partial charge in [-0.1, -0.05) is 6.07 Å². The predicted molar refractivity (Wildman–Crippen MR) is 141 cm³/mol. The minimum atomic E-state index is -1.09. The van der Waals surface area contributed by atoms with Crippen LogP contribution in [0.25, 0.3) is 0 Å². The molecule has 0 radical (unpaired) electrons. The molecule has 10 nitrogen and oxygen atoms in total. The topological polar surface area (TPSA) is 122 Å². The molecule has 3 heterocycles. The first-order valence-electron chi connectivity index (χ1n) is 13.5. The maximum Gasteiger partial charge on any atom is 0.326 e. The highest BCUT2D eigenvalue weighted by atomic mass is 19.1. The highest BCUT2D eigenvalue weighted by Crippen LogP contribution is 2.43. The Hall–Kier alpha value is -3.05. The van der Waals surface area contributed by atoms with Crippen LogP contribution in [0.4, 0.5) is 10.2 Å². The first-order valence-corrected chi connectivity index (χ1v) is 13.5. The van der Waals surface area contributed by atoms with E-state index in [0.717, 1.165) is 50.2 Å². The molecule has 1 amide bonds. The molecular formula is C27H39FN6O4. The molecule has 11 heteroatoms. The maximum atomic E-state index is 13.4. The molecule has 208 valence electrons. The molecular weight excluding hydrogens is 491 g/mol. The summed E-state index contributed by atoms with van der Waals surface area (Å²) >= 11 is 0. The molecule has 2 aromatic heterocycles.